The Labute approximate surface area is 175 Å². The summed E-state index contributed by atoms with van der Waals surface area (Å²) in [6.45, 7) is 8.38. The molecule has 28 heavy (non-hydrogen) atoms. The summed E-state index contributed by atoms with van der Waals surface area (Å²) in [5, 5.41) is 10.4. The van der Waals surface area contributed by atoms with E-state index in [1.54, 1.807) is 24.5 Å². The zero-order valence-electron chi connectivity index (χ0n) is 17.2. The van der Waals surface area contributed by atoms with Crippen molar-refractivity contribution in [3.05, 3.63) is 46.2 Å². The highest BCUT2D eigenvalue weighted by atomic mass is 79.9. The lowest BCUT2D eigenvalue weighted by atomic mass is 9.89. The third-order valence-corrected chi connectivity index (χ3v) is 5.27. The number of rotatable bonds is 6. The molecule has 3 aromatic rings. The Morgan fingerprint density at radius 3 is 2.39 bits per heavy atom. The molecule has 0 saturated heterocycles. The summed E-state index contributed by atoms with van der Waals surface area (Å²) in [5.41, 5.74) is 3.37. The van der Waals surface area contributed by atoms with Crippen molar-refractivity contribution in [2.45, 2.75) is 52.9 Å². The molecule has 0 radical (unpaired) electrons. The molecule has 6 heteroatoms. The average molecular weight is 446 g/mol. The maximum atomic E-state index is 11.4. The van der Waals surface area contributed by atoms with Crippen molar-refractivity contribution in [2.24, 2.45) is 7.05 Å². The summed E-state index contributed by atoms with van der Waals surface area (Å²) in [6, 6.07) is 5.34. The van der Waals surface area contributed by atoms with Gasteiger partial charge in [-0.15, -0.1) is 0 Å². The van der Waals surface area contributed by atoms with Crippen LogP contribution in [0.5, 0.6) is 0 Å². The molecule has 0 saturated carbocycles. The van der Waals surface area contributed by atoms with Gasteiger partial charge >= 0.3 is 5.97 Å². The van der Waals surface area contributed by atoms with Gasteiger partial charge in [-0.25, -0.2) is 14.8 Å². The molecule has 1 atom stereocenters. The molecule has 1 aromatic carbocycles. The van der Waals surface area contributed by atoms with E-state index in [1.807, 2.05) is 31.5 Å². The minimum Gasteiger partial charge on any atom is -0.478 e. The van der Waals surface area contributed by atoms with Crippen molar-refractivity contribution < 1.29 is 9.90 Å². The van der Waals surface area contributed by atoms with Crippen LogP contribution in [0.2, 0.25) is 0 Å². The molecular weight excluding hydrogens is 418 g/mol. The lowest BCUT2D eigenvalue weighted by molar-refractivity contribution is 0.0697. The first-order valence-corrected chi connectivity index (χ1v) is 10.6. The Kier molecular flexibility index (Phi) is 7.75. The van der Waals surface area contributed by atoms with Crippen LogP contribution in [-0.4, -0.2) is 25.6 Å². The number of aromatic nitrogens is 3. The van der Waals surface area contributed by atoms with Crippen molar-refractivity contribution in [1.82, 2.24) is 14.5 Å². The largest absolute Gasteiger partial charge is 0.478 e. The molecule has 0 fully saturated rings. The van der Waals surface area contributed by atoms with Gasteiger partial charge in [0.25, 0.3) is 0 Å². The van der Waals surface area contributed by atoms with E-state index in [9.17, 15) is 9.90 Å². The van der Waals surface area contributed by atoms with Gasteiger partial charge in [0.1, 0.15) is 0 Å². The maximum Gasteiger partial charge on any atom is 0.335 e. The number of fused-ring (bicyclic) bond motifs is 1. The molecule has 0 spiro atoms. The minimum atomic E-state index is -0.920. The molecule has 0 aliphatic rings. The summed E-state index contributed by atoms with van der Waals surface area (Å²) in [6.07, 6.45) is 6.65. The Bertz CT molecular complexity index is 949. The van der Waals surface area contributed by atoms with Gasteiger partial charge in [-0.3, -0.25) is 0 Å². The van der Waals surface area contributed by atoms with Crippen molar-refractivity contribution in [3.63, 3.8) is 0 Å². The van der Waals surface area contributed by atoms with Crippen LogP contribution in [0.4, 0.5) is 0 Å². The molecule has 150 valence electrons. The number of carbonyl (C=O) groups is 1. The van der Waals surface area contributed by atoms with Gasteiger partial charge in [0, 0.05) is 30.3 Å². The van der Waals surface area contributed by atoms with E-state index in [4.69, 9.17) is 0 Å². The molecule has 0 amide bonds. The van der Waals surface area contributed by atoms with Crippen molar-refractivity contribution >= 4 is 32.8 Å². The molecule has 2 aromatic heterocycles. The summed E-state index contributed by atoms with van der Waals surface area (Å²) in [4.78, 5) is 20.4. The average Bonchev–Trinajstić information content (AvgIpc) is 3.00. The topological polar surface area (TPSA) is 68.0 Å². The van der Waals surface area contributed by atoms with Gasteiger partial charge in [-0.2, -0.15) is 0 Å². The third-order valence-electron chi connectivity index (χ3n) is 4.86. The molecule has 0 aliphatic carbocycles. The minimum absolute atomic E-state index is 0.288. The summed E-state index contributed by atoms with van der Waals surface area (Å²) in [5.74, 6) is 0.117. The first-order valence-electron chi connectivity index (χ1n) is 9.81. The second kappa shape index (κ2) is 9.82. The second-order valence-corrected chi connectivity index (χ2v) is 7.39. The first kappa shape index (κ1) is 22.1. The van der Waals surface area contributed by atoms with E-state index in [0.29, 0.717) is 11.7 Å². The number of hydrogen-bond acceptors (Lipinski definition) is 3. The fourth-order valence-corrected chi connectivity index (χ4v) is 3.82. The Balaban J connectivity index is 0.00000136. The summed E-state index contributed by atoms with van der Waals surface area (Å²) < 4.78 is 2.86. The number of hydrogen-bond donors (Lipinski definition) is 1. The lowest BCUT2D eigenvalue weighted by Crippen LogP contribution is -2.03. The molecule has 5 nitrogen and oxygen atoms in total. The molecule has 3 rings (SSSR count). The van der Waals surface area contributed by atoms with Crippen LogP contribution in [-0.2, 0) is 7.05 Å². The SMILES string of the molecule is CC.CCCC(CC)c1c(-c2ncc(Br)cn2)n(C)c2cc(C(=O)O)ccc12. The highest BCUT2D eigenvalue weighted by Crippen LogP contribution is 2.40. The van der Waals surface area contributed by atoms with Crippen molar-refractivity contribution in [2.75, 3.05) is 0 Å². The second-order valence-electron chi connectivity index (χ2n) is 6.48. The van der Waals surface area contributed by atoms with Gasteiger partial charge in [-0.05, 0) is 52.4 Å². The van der Waals surface area contributed by atoms with E-state index in [1.165, 1.54) is 5.56 Å². The third kappa shape index (κ3) is 4.27. The fourth-order valence-electron chi connectivity index (χ4n) is 3.62. The van der Waals surface area contributed by atoms with Gasteiger partial charge in [-0.1, -0.05) is 40.2 Å². The van der Waals surface area contributed by atoms with Crippen LogP contribution in [0, 0.1) is 0 Å². The number of aromatic carboxylic acids is 1. The smallest absolute Gasteiger partial charge is 0.335 e. The highest BCUT2D eigenvalue weighted by molar-refractivity contribution is 9.10. The number of carboxylic acids is 1. The van der Waals surface area contributed by atoms with Crippen LogP contribution in [0.25, 0.3) is 22.4 Å². The zero-order chi connectivity index (χ0) is 20.8. The first-order chi connectivity index (χ1) is 13.5. The standard InChI is InChI=1S/C20H22BrN3O2.C2H6/c1-4-6-12(5-2)17-15-8-7-13(20(25)26)9-16(15)24(3)18(17)19-22-10-14(21)11-23-19;1-2/h7-12H,4-6H2,1-3H3,(H,25,26);1-2H3. The molecule has 0 bridgehead atoms. The number of nitrogens with zero attached hydrogens (tertiary/aromatic N) is 3. The molecule has 0 aliphatic heterocycles. The molecule has 1 N–H and O–H groups in total. The highest BCUT2D eigenvalue weighted by Gasteiger charge is 2.24. The predicted molar refractivity (Wildman–Crippen MR) is 118 cm³/mol. The van der Waals surface area contributed by atoms with Crippen molar-refractivity contribution in [3.8, 4) is 11.5 Å². The maximum absolute atomic E-state index is 11.4. The van der Waals surface area contributed by atoms with Gasteiger partial charge in [0.2, 0.25) is 0 Å². The van der Waals surface area contributed by atoms with Crippen LogP contribution in [0.3, 0.4) is 0 Å². The number of carboxylic acid groups (broad SMARTS) is 1. The summed E-state index contributed by atoms with van der Waals surface area (Å²) >= 11 is 3.39. The van der Waals surface area contributed by atoms with E-state index >= 15 is 0 Å². The van der Waals surface area contributed by atoms with Gasteiger partial charge < -0.3 is 9.67 Å². The fraction of sp³-hybridized carbons (Fsp3) is 0.409. The van der Waals surface area contributed by atoms with E-state index in [0.717, 1.165) is 40.3 Å². The predicted octanol–water partition coefficient (Wildman–Crippen LogP) is 6.42. The quantitative estimate of drug-likeness (QED) is 0.475. The Morgan fingerprint density at radius 2 is 1.86 bits per heavy atom. The Morgan fingerprint density at radius 1 is 1.21 bits per heavy atom. The lowest BCUT2D eigenvalue weighted by Gasteiger charge is -2.16. The van der Waals surface area contributed by atoms with Crippen LogP contribution < -0.4 is 0 Å². The zero-order valence-corrected chi connectivity index (χ0v) is 18.7. The molecule has 2 heterocycles. The molecule has 1 unspecified atom stereocenters. The van der Waals surface area contributed by atoms with E-state index < -0.39 is 5.97 Å². The van der Waals surface area contributed by atoms with Crippen LogP contribution in [0.1, 0.15) is 68.8 Å². The molecular formula is C22H28BrN3O2. The van der Waals surface area contributed by atoms with E-state index in [-0.39, 0.29) is 5.56 Å². The normalized spacial score (nSPS) is 11.8. The Hall–Kier alpha value is -2.21. The van der Waals surface area contributed by atoms with E-state index in [2.05, 4.69) is 39.7 Å². The number of aryl methyl sites for hydroxylation is 1. The van der Waals surface area contributed by atoms with Crippen molar-refractivity contribution in [1.29, 1.82) is 0 Å². The van der Waals surface area contributed by atoms with Crippen LogP contribution in [0.15, 0.2) is 35.1 Å². The summed E-state index contributed by atoms with van der Waals surface area (Å²) in [7, 11) is 1.96. The van der Waals surface area contributed by atoms with Gasteiger partial charge in [0.05, 0.1) is 15.7 Å². The number of benzene rings is 1. The van der Waals surface area contributed by atoms with Crippen LogP contribution >= 0.6 is 15.9 Å². The van der Waals surface area contributed by atoms with Gasteiger partial charge in [0.15, 0.2) is 5.82 Å². The number of halogens is 1. The monoisotopic (exact) mass is 445 g/mol.